The van der Waals surface area contributed by atoms with Gasteiger partial charge in [0, 0.05) is 6.61 Å². The Hall–Kier alpha value is -1.39. The highest BCUT2D eigenvalue weighted by Gasteiger charge is 2.21. The van der Waals surface area contributed by atoms with Crippen molar-refractivity contribution < 1.29 is 19.7 Å². The van der Waals surface area contributed by atoms with Crippen molar-refractivity contribution in [1.82, 2.24) is 0 Å². The summed E-state index contributed by atoms with van der Waals surface area (Å²) in [4.78, 5) is 11.2. The summed E-state index contributed by atoms with van der Waals surface area (Å²) in [6.07, 6.45) is -0.0846. The maximum atomic E-state index is 11.2. The molecular formula is C14H20O4. The van der Waals surface area contributed by atoms with Gasteiger partial charge in [0.05, 0.1) is 18.6 Å². The van der Waals surface area contributed by atoms with Crippen LogP contribution in [0.4, 0.5) is 0 Å². The van der Waals surface area contributed by atoms with Gasteiger partial charge in [-0.1, -0.05) is 30.3 Å². The molecule has 1 aromatic rings. The van der Waals surface area contributed by atoms with Gasteiger partial charge < -0.3 is 14.9 Å². The van der Waals surface area contributed by atoms with Gasteiger partial charge in [-0.3, -0.25) is 4.79 Å². The molecule has 1 rings (SSSR count). The maximum Gasteiger partial charge on any atom is 0.306 e. The molecule has 0 aliphatic heterocycles. The molecule has 0 heterocycles. The van der Waals surface area contributed by atoms with Crippen molar-refractivity contribution in [3.63, 3.8) is 0 Å². The first-order chi connectivity index (χ1) is 8.63. The van der Waals surface area contributed by atoms with Gasteiger partial charge >= 0.3 is 5.97 Å². The van der Waals surface area contributed by atoms with Crippen LogP contribution in [0, 0.1) is 5.92 Å². The Balaban J connectivity index is 2.52. The van der Waals surface area contributed by atoms with Crippen LogP contribution in [0.3, 0.4) is 0 Å². The smallest absolute Gasteiger partial charge is 0.306 e. The molecule has 1 aromatic carbocycles. The second-order valence-corrected chi connectivity index (χ2v) is 4.27. The Labute approximate surface area is 107 Å². The Morgan fingerprint density at radius 2 is 2.00 bits per heavy atom. The standard InChI is InChI=1S/C14H20O4/c1-2-18-10-13(15)9-12(14(16)17)8-11-6-4-3-5-7-11/h3-7,12-13,15H,2,8-10H2,1H3,(H,16,17). The normalized spacial score (nSPS) is 14.1. The number of carboxylic acid groups (broad SMARTS) is 1. The van der Waals surface area contributed by atoms with E-state index in [1.54, 1.807) is 0 Å². The van der Waals surface area contributed by atoms with Crippen LogP contribution in [-0.2, 0) is 16.0 Å². The number of ether oxygens (including phenoxy) is 1. The molecule has 18 heavy (non-hydrogen) atoms. The highest BCUT2D eigenvalue weighted by atomic mass is 16.5. The van der Waals surface area contributed by atoms with Crippen LogP contribution in [-0.4, -0.2) is 35.5 Å². The Morgan fingerprint density at radius 1 is 1.33 bits per heavy atom. The largest absolute Gasteiger partial charge is 0.481 e. The molecule has 0 radical (unpaired) electrons. The molecule has 2 atom stereocenters. The van der Waals surface area contributed by atoms with E-state index in [0.29, 0.717) is 13.0 Å². The van der Waals surface area contributed by atoms with E-state index in [0.717, 1.165) is 5.56 Å². The first kappa shape index (κ1) is 14.7. The molecule has 2 unspecified atom stereocenters. The molecule has 0 aromatic heterocycles. The zero-order chi connectivity index (χ0) is 13.4. The van der Waals surface area contributed by atoms with Gasteiger partial charge in [0.1, 0.15) is 0 Å². The second kappa shape index (κ2) is 7.84. The summed E-state index contributed by atoms with van der Waals surface area (Å²) in [5, 5.41) is 18.8. The van der Waals surface area contributed by atoms with Gasteiger partial charge in [-0.15, -0.1) is 0 Å². The van der Waals surface area contributed by atoms with Crippen LogP contribution >= 0.6 is 0 Å². The monoisotopic (exact) mass is 252 g/mol. The minimum atomic E-state index is -0.880. The highest BCUT2D eigenvalue weighted by molar-refractivity contribution is 5.70. The molecule has 0 amide bonds. The Morgan fingerprint density at radius 3 is 2.56 bits per heavy atom. The van der Waals surface area contributed by atoms with E-state index >= 15 is 0 Å². The molecule has 4 nitrogen and oxygen atoms in total. The van der Waals surface area contributed by atoms with Gasteiger partial charge in [-0.05, 0) is 25.3 Å². The molecule has 0 aliphatic rings. The van der Waals surface area contributed by atoms with Gasteiger partial charge in [0.15, 0.2) is 0 Å². The SMILES string of the molecule is CCOCC(O)CC(Cc1ccccc1)C(=O)O. The summed E-state index contributed by atoms with van der Waals surface area (Å²) >= 11 is 0. The number of hydrogen-bond donors (Lipinski definition) is 2. The molecule has 4 heteroatoms. The lowest BCUT2D eigenvalue weighted by Crippen LogP contribution is -2.25. The highest BCUT2D eigenvalue weighted by Crippen LogP contribution is 2.15. The predicted octanol–water partition coefficient (Wildman–Crippen LogP) is 1.72. The fourth-order valence-corrected chi connectivity index (χ4v) is 1.82. The molecular weight excluding hydrogens is 232 g/mol. The van der Waals surface area contributed by atoms with Crippen molar-refractivity contribution in [3.8, 4) is 0 Å². The second-order valence-electron chi connectivity index (χ2n) is 4.27. The van der Waals surface area contributed by atoms with Crippen molar-refractivity contribution in [2.24, 2.45) is 5.92 Å². The lowest BCUT2D eigenvalue weighted by atomic mass is 9.94. The lowest BCUT2D eigenvalue weighted by Gasteiger charge is -2.16. The first-order valence-electron chi connectivity index (χ1n) is 6.16. The van der Waals surface area contributed by atoms with Gasteiger partial charge in [0.2, 0.25) is 0 Å². The molecule has 0 spiro atoms. The number of rotatable bonds is 8. The zero-order valence-corrected chi connectivity index (χ0v) is 10.6. The zero-order valence-electron chi connectivity index (χ0n) is 10.6. The molecule has 0 saturated carbocycles. The van der Waals surface area contributed by atoms with Crippen molar-refractivity contribution in [1.29, 1.82) is 0 Å². The number of aliphatic hydroxyl groups excluding tert-OH is 1. The molecule has 100 valence electrons. The summed E-state index contributed by atoms with van der Waals surface area (Å²) in [6.45, 7) is 2.55. The molecule has 0 bridgehead atoms. The Kier molecular flexibility index (Phi) is 6.39. The van der Waals surface area contributed by atoms with Crippen molar-refractivity contribution in [3.05, 3.63) is 35.9 Å². The van der Waals surface area contributed by atoms with Gasteiger partial charge in [-0.25, -0.2) is 0 Å². The molecule has 2 N–H and O–H groups in total. The fraction of sp³-hybridized carbons (Fsp3) is 0.500. The summed E-state index contributed by atoms with van der Waals surface area (Å²) < 4.78 is 5.08. The third-order valence-corrected chi connectivity index (χ3v) is 2.75. The van der Waals surface area contributed by atoms with Crippen molar-refractivity contribution in [2.75, 3.05) is 13.2 Å². The maximum absolute atomic E-state index is 11.2. The van der Waals surface area contributed by atoms with Gasteiger partial charge in [-0.2, -0.15) is 0 Å². The minimum Gasteiger partial charge on any atom is -0.481 e. The predicted molar refractivity (Wildman–Crippen MR) is 68.4 cm³/mol. The van der Waals surface area contributed by atoms with Crippen molar-refractivity contribution in [2.45, 2.75) is 25.9 Å². The van der Waals surface area contributed by atoms with Crippen LogP contribution in [0.2, 0.25) is 0 Å². The topological polar surface area (TPSA) is 66.8 Å². The van der Waals surface area contributed by atoms with E-state index in [4.69, 9.17) is 9.84 Å². The van der Waals surface area contributed by atoms with E-state index < -0.39 is 18.0 Å². The quantitative estimate of drug-likeness (QED) is 0.739. The number of aliphatic hydroxyl groups is 1. The third kappa shape index (κ3) is 5.29. The number of hydrogen-bond acceptors (Lipinski definition) is 3. The minimum absolute atomic E-state index is 0.190. The summed E-state index contributed by atoms with van der Waals surface area (Å²) in [5.74, 6) is -1.46. The molecule has 0 aliphatic carbocycles. The summed E-state index contributed by atoms with van der Waals surface area (Å²) in [5.41, 5.74) is 0.966. The fourth-order valence-electron chi connectivity index (χ4n) is 1.82. The lowest BCUT2D eigenvalue weighted by molar-refractivity contribution is -0.143. The van der Waals surface area contributed by atoms with E-state index in [1.807, 2.05) is 37.3 Å². The van der Waals surface area contributed by atoms with Gasteiger partial charge in [0.25, 0.3) is 0 Å². The van der Waals surface area contributed by atoms with Crippen LogP contribution in [0.5, 0.6) is 0 Å². The third-order valence-electron chi connectivity index (χ3n) is 2.75. The average Bonchev–Trinajstić information content (AvgIpc) is 2.36. The Bertz CT molecular complexity index is 350. The molecule has 0 fully saturated rings. The van der Waals surface area contributed by atoms with Crippen LogP contribution < -0.4 is 0 Å². The van der Waals surface area contributed by atoms with E-state index in [2.05, 4.69) is 0 Å². The number of benzene rings is 1. The average molecular weight is 252 g/mol. The first-order valence-corrected chi connectivity index (χ1v) is 6.16. The van der Waals surface area contributed by atoms with Crippen LogP contribution in [0.25, 0.3) is 0 Å². The number of carboxylic acids is 1. The van der Waals surface area contributed by atoms with Crippen LogP contribution in [0.15, 0.2) is 30.3 Å². The van der Waals surface area contributed by atoms with Crippen LogP contribution in [0.1, 0.15) is 18.9 Å². The number of carbonyl (C=O) groups is 1. The summed E-state index contributed by atoms with van der Waals surface area (Å²) in [6, 6.07) is 9.44. The van der Waals surface area contributed by atoms with E-state index in [9.17, 15) is 9.90 Å². The van der Waals surface area contributed by atoms with E-state index in [1.165, 1.54) is 0 Å². The molecule has 0 saturated heterocycles. The van der Waals surface area contributed by atoms with Crippen molar-refractivity contribution >= 4 is 5.97 Å². The number of aliphatic carboxylic acids is 1. The van der Waals surface area contributed by atoms with E-state index in [-0.39, 0.29) is 13.0 Å². The summed E-state index contributed by atoms with van der Waals surface area (Å²) in [7, 11) is 0.